The summed E-state index contributed by atoms with van der Waals surface area (Å²) in [6, 6.07) is 7.48. The van der Waals surface area contributed by atoms with Crippen molar-refractivity contribution in [2.24, 2.45) is 5.84 Å². The highest BCUT2D eigenvalue weighted by Gasteiger charge is 1.92. The molecule has 3 rings (SSSR count). The van der Waals surface area contributed by atoms with Gasteiger partial charge in [-0.1, -0.05) is 46.7 Å². The number of fused-ring (bicyclic) bond motifs is 1. The predicted octanol–water partition coefficient (Wildman–Crippen LogP) is 3.89. The van der Waals surface area contributed by atoms with E-state index in [2.05, 4.69) is 52.5 Å². The Bertz CT molecular complexity index is 670. The molecule has 0 bridgehead atoms. The van der Waals surface area contributed by atoms with E-state index in [4.69, 9.17) is 5.84 Å². The van der Waals surface area contributed by atoms with Crippen LogP contribution in [0.1, 0.15) is 14.9 Å². The summed E-state index contributed by atoms with van der Waals surface area (Å²) in [4.78, 5) is 3.89. The van der Waals surface area contributed by atoms with E-state index < -0.39 is 0 Å². The molecule has 3 heterocycles. The zero-order chi connectivity index (χ0) is 13.7. The second-order valence-corrected chi connectivity index (χ2v) is 5.28. The van der Waals surface area contributed by atoms with E-state index in [0.717, 1.165) is 14.6 Å². The van der Waals surface area contributed by atoms with Gasteiger partial charge in [0.1, 0.15) is 12.1 Å². The Morgan fingerprint density at radius 1 is 1.10 bits per heavy atom. The lowest BCUT2D eigenvalue weighted by Gasteiger charge is -1.95. The van der Waals surface area contributed by atoms with Gasteiger partial charge in [-0.3, -0.25) is 4.40 Å². The van der Waals surface area contributed by atoms with Gasteiger partial charge in [-0.05, 0) is 24.3 Å². The number of nitrogen functional groups attached to an aromatic ring is 1. The molecule has 0 spiro atoms. The fourth-order valence-corrected chi connectivity index (χ4v) is 1.93. The number of hydrogen-bond donors (Lipinski definition) is 2. The average Bonchev–Trinajstić information content (AvgIpc) is 2.86. The van der Waals surface area contributed by atoms with Gasteiger partial charge in [0.2, 0.25) is 0 Å². The van der Waals surface area contributed by atoms with Crippen LogP contribution < -0.4 is 11.3 Å². The first kappa shape index (κ1) is 19.5. The number of hydrazine groups is 1. The van der Waals surface area contributed by atoms with Crippen LogP contribution in [-0.2, 0) is 0 Å². The Morgan fingerprint density at radius 3 is 2.43 bits per heavy atom. The van der Waals surface area contributed by atoms with Crippen molar-refractivity contribution < 1.29 is 0 Å². The lowest BCUT2D eigenvalue weighted by Crippen LogP contribution is -2.07. The third kappa shape index (κ3) is 5.78. The summed E-state index contributed by atoms with van der Waals surface area (Å²) in [7, 11) is 0. The Labute approximate surface area is 141 Å². The number of rotatable bonds is 1. The number of nitrogens with one attached hydrogen (secondary N) is 1. The molecule has 0 fully saturated rings. The van der Waals surface area contributed by atoms with Gasteiger partial charge >= 0.3 is 0 Å². The Balaban J connectivity index is 0.000000350. The molecule has 0 aliphatic heterocycles. The first-order valence-electron chi connectivity index (χ1n) is 5.22. The Hall–Kier alpha value is -1.51. The molecule has 0 unspecified atom stereocenters. The minimum absolute atomic E-state index is 0. The number of nitrogens with two attached hydrogens (primary N) is 1. The lowest BCUT2D eigenvalue weighted by molar-refractivity contribution is 1.10. The highest BCUT2D eigenvalue weighted by Crippen LogP contribution is 2.11. The standard InChI is InChI=1S/C6H4BrN3.C5H6BrN3.2CH4/c7-5-1-2-10-4-8-9-6(10)3-5;6-4-1-2-8-5(3-4)9-7;;/h1-4H;1-3H,7H2,(H,8,9);2*1H4. The fourth-order valence-electron chi connectivity index (χ4n) is 1.28. The molecular weight excluding hydrogens is 400 g/mol. The molecule has 0 aromatic carbocycles. The molecule has 8 heteroatoms. The van der Waals surface area contributed by atoms with Crippen molar-refractivity contribution >= 4 is 43.3 Å². The molecular formula is C13H18Br2N6. The van der Waals surface area contributed by atoms with Gasteiger partial charge in [-0.2, -0.15) is 0 Å². The molecule has 21 heavy (non-hydrogen) atoms. The van der Waals surface area contributed by atoms with E-state index in [1.54, 1.807) is 18.6 Å². The Morgan fingerprint density at radius 2 is 1.81 bits per heavy atom. The van der Waals surface area contributed by atoms with Crippen molar-refractivity contribution in [3.05, 3.63) is 51.9 Å². The fraction of sp³-hybridized carbons (Fsp3) is 0.154. The highest BCUT2D eigenvalue weighted by molar-refractivity contribution is 9.10. The van der Waals surface area contributed by atoms with Gasteiger partial charge in [-0.25, -0.2) is 10.8 Å². The van der Waals surface area contributed by atoms with Gasteiger partial charge in [-0.15, -0.1) is 10.2 Å². The second kappa shape index (κ2) is 9.43. The van der Waals surface area contributed by atoms with Crippen molar-refractivity contribution in [1.29, 1.82) is 0 Å². The number of anilines is 1. The minimum Gasteiger partial charge on any atom is -0.308 e. The summed E-state index contributed by atoms with van der Waals surface area (Å²) < 4.78 is 3.84. The molecule has 0 saturated heterocycles. The molecule has 6 nitrogen and oxygen atoms in total. The molecule has 0 aliphatic carbocycles. The van der Waals surface area contributed by atoms with Crippen molar-refractivity contribution in [2.45, 2.75) is 14.9 Å². The number of aromatic nitrogens is 4. The normalized spacial score (nSPS) is 8.90. The van der Waals surface area contributed by atoms with Gasteiger partial charge in [0.05, 0.1) is 0 Å². The number of nitrogens with zero attached hydrogens (tertiary/aromatic N) is 4. The lowest BCUT2D eigenvalue weighted by atomic mass is 10.5. The maximum absolute atomic E-state index is 5.09. The van der Waals surface area contributed by atoms with Crippen molar-refractivity contribution in [3.8, 4) is 0 Å². The number of halogens is 2. The van der Waals surface area contributed by atoms with E-state index in [-0.39, 0.29) is 14.9 Å². The van der Waals surface area contributed by atoms with Gasteiger partial charge in [0.15, 0.2) is 5.65 Å². The summed E-state index contributed by atoms with van der Waals surface area (Å²) in [5, 5.41) is 7.60. The molecule has 0 saturated carbocycles. The molecule has 3 aromatic rings. The van der Waals surface area contributed by atoms with E-state index >= 15 is 0 Å². The smallest absolute Gasteiger partial charge is 0.161 e. The zero-order valence-corrected chi connectivity index (χ0v) is 12.8. The van der Waals surface area contributed by atoms with Crippen LogP contribution in [0.3, 0.4) is 0 Å². The van der Waals surface area contributed by atoms with Crippen LogP contribution >= 0.6 is 31.9 Å². The summed E-state index contributed by atoms with van der Waals surface area (Å²) in [5.41, 5.74) is 3.28. The summed E-state index contributed by atoms with van der Waals surface area (Å²) in [6.45, 7) is 0. The molecule has 0 atom stereocenters. The SMILES string of the molecule is Brc1ccn2cnnc2c1.C.C.NNc1cc(Br)ccn1. The van der Waals surface area contributed by atoms with E-state index in [1.807, 2.05) is 28.8 Å². The Kier molecular flexibility index (Phi) is 8.75. The third-order valence-electron chi connectivity index (χ3n) is 2.13. The first-order chi connectivity index (χ1) is 9.19. The third-order valence-corrected chi connectivity index (χ3v) is 3.12. The van der Waals surface area contributed by atoms with Crippen LogP contribution in [0.2, 0.25) is 0 Å². The quantitative estimate of drug-likeness (QED) is 0.463. The van der Waals surface area contributed by atoms with Gasteiger partial charge < -0.3 is 5.43 Å². The molecule has 0 aliphatic rings. The van der Waals surface area contributed by atoms with E-state index in [9.17, 15) is 0 Å². The number of hydrogen-bond acceptors (Lipinski definition) is 5. The van der Waals surface area contributed by atoms with Gasteiger partial charge in [0, 0.05) is 21.3 Å². The largest absolute Gasteiger partial charge is 0.308 e. The number of pyridine rings is 2. The molecule has 0 radical (unpaired) electrons. The van der Waals surface area contributed by atoms with Crippen molar-refractivity contribution in [1.82, 2.24) is 19.6 Å². The zero-order valence-electron chi connectivity index (χ0n) is 9.66. The van der Waals surface area contributed by atoms with Crippen LogP contribution in [-0.4, -0.2) is 19.6 Å². The second-order valence-electron chi connectivity index (χ2n) is 3.45. The van der Waals surface area contributed by atoms with Gasteiger partial charge in [0.25, 0.3) is 0 Å². The monoisotopic (exact) mass is 416 g/mol. The van der Waals surface area contributed by atoms with Crippen LogP contribution in [0.25, 0.3) is 5.65 Å². The molecule has 3 aromatic heterocycles. The van der Waals surface area contributed by atoms with Crippen LogP contribution in [0.5, 0.6) is 0 Å². The van der Waals surface area contributed by atoms with E-state index in [0.29, 0.717) is 5.82 Å². The summed E-state index contributed by atoms with van der Waals surface area (Å²) in [5.74, 6) is 5.74. The summed E-state index contributed by atoms with van der Waals surface area (Å²) >= 11 is 6.60. The average molecular weight is 418 g/mol. The maximum Gasteiger partial charge on any atom is 0.161 e. The predicted molar refractivity (Wildman–Crippen MR) is 93.9 cm³/mol. The molecule has 114 valence electrons. The topological polar surface area (TPSA) is 81.1 Å². The van der Waals surface area contributed by atoms with Crippen molar-refractivity contribution in [3.63, 3.8) is 0 Å². The summed E-state index contributed by atoms with van der Waals surface area (Å²) in [6.07, 6.45) is 5.24. The molecule has 0 amide bonds. The maximum atomic E-state index is 5.09. The molecule has 3 N–H and O–H groups in total. The van der Waals surface area contributed by atoms with Crippen LogP contribution in [0, 0.1) is 0 Å². The van der Waals surface area contributed by atoms with Crippen LogP contribution in [0.15, 0.2) is 51.9 Å². The first-order valence-corrected chi connectivity index (χ1v) is 6.80. The van der Waals surface area contributed by atoms with Crippen LogP contribution in [0.4, 0.5) is 5.82 Å². The highest BCUT2D eigenvalue weighted by atomic mass is 79.9. The minimum atomic E-state index is 0. The van der Waals surface area contributed by atoms with E-state index in [1.165, 1.54) is 0 Å². The van der Waals surface area contributed by atoms with Crippen molar-refractivity contribution in [2.75, 3.05) is 5.43 Å².